The molecule has 5 heteroatoms. The van der Waals surface area contributed by atoms with Crippen molar-refractivity contribution in [3.8, 4) is 5.88 Å². The highest BCUT2D eigenvalue weighted by Gasteiger charge is 2.30. The lowest BCUT2D eigenvalue weighted by Crippen LogP contribution is -2.28. The number of ether oxygens (including phenoxy) is 1. The van der Waals surface area contributed by atoms with Gasteiger partial charge in [-0.3, -0.25) is 9.48 Å². The summed E-state index contributed by atoms with van der Waals surface area (Å²) in [6, 6.07) is 10.4. The quantitative estimate of drug-likeness (QED) is 0.867. The van der Waals surface area contributed by atoms with Gasteiger partial charge in [0.25, 0.3) is 5.91 Å². The van der Waals surface area contributed by atoms with Gasteiger partial charge in [-0.2, -0.15) is 0 Å². The Morgan fingerprint density at radius 3 is 2.81 bits per heavy atom. The first-order chi connectivity index (χ1) is 10.2. The molecule has 1 aromatic carbocycles. The second-order valence-corrected chi connectivity index (χ2v) is 5.37. The Labute approximate surface area is 124 Å². The molecule has 5 nitrogen and oxygen atoms in total. The molecule has 2 heterocycles. The van der Waals surface area contributed by atoms with Gasteiger partial charge in [-0.05, 0) is 12.0 Å². The van der Waals surface area contributed by atoms with Crippen molar-refractivity contribution in [3.63, 3.8) is 0 Å². The van der Waals surface area contributed by atoms with E-state index in [1.807, 2.05) is 23.1 Å². The van der Waals surface area contributed by atoms with E-state index in [1.165, 1.54) is 12.7 Å². The number of hydrogen-bond acceptors (Lipinski definition) is 3. The molecule has 0 N–H and O–H groups in total. The third-order valence-corrected chi connectivity index (χ3v) is 3.97. The molecule has 0 bridgehead atoms. The van der Waals surface area contributed by atoms with Gasteiger partial charge in [0.2, 0.25) is 5.88 Å². The summed E-state index contributed by atoms with van der Waals surface area (Å²) in [5.74, 6) is 0.807. The molecule has 0 aliphatic carbocycles. The molecule has 21 heavy (non-hydrogen) atoms. The fraction of sp³-hybridized carbons (Fsp3) is 0.375. The molecule has 1 amide bonds. The van der Waals surface area contributed by atoms with E-state index in [9.17, 15) is 4.79 Å². The van der Waals surface area contributed by atoms with Crippen molar-refractivity contribution < 1.29 is 9.53 Å². The minimum absolute atomic E-state index is 0.00150. The van der Waals surface area contributed by atoms with Gasteiger partial charge in [0.15, 0.2) is 0 Å². The lowest BCUT2D eigenvalue weighted by molar-refractivity contribution is 0.0787. The molecule has 110 valence electrons. The summed E-state index contributed by atoms with van der Waals surface area (Å²) in [7, 11) is 3.33. The summed E-state index contributed by atoms with van der Waals surface area (Å²) in [5, 5.41) is 4.15. The molecule has 0 unspecified atom stereocenters. The Balaban J connectivity index is 1.75. The number of benzene rings is 1. The highest BCUT2D eigenvalue weighted by molar-refractivity contribution is 5.96. The zero-order valence-electron chi connectivity index (χ0n) is 12.3. The van der Waals surface area contributed by atoms with Crippen LogP contribution in [0.3, 0.4) is 0 Å². The average molecular weight is 285 g/mol. The molecule has 1 aromatic heterocycles. The smallest absolute Gasteiger partial charge is 0.260 e. The van der Waals surface area contributed by atoms with Crippen molar-refractivity contribution >= 4 is 5.91 Å². The molecule has 0 spiro atoms. The molecule has 2 aromatic rings. The van der Waals surface area contributed by atoms with Crippen LogP contribution in [0.5, 0.6) is 5.88 Å². The van der Waals surface area contributed by atoms with Crippen LogP contribution in [0.1, 0.15) is 28.3 Å². The van der Waals surface area contributed by atoms with Crippen LogP contribution < -0.4 is 4.74 Å². The van der Waals surface area contributed by atoms with Crippen molar-refractivity contribution in [1.29, 1.82) is 0 Å². The zero-order valence-corrected chi connectivity index (χ0v) is 12.3. The van der Waals surface area contributed by atoms with Crippen LogP contribution in [0.15, 0.2) is 36.5 Å². The van der Waals surface area contributed by atoms with Crippen molar-refractivity contribution in [2.45, 2.75) is 12.3 Å². The van der Waals surface area contributed by atoms with Crippen molar-refractivity contribution in [2.75, 3.05) is 20.2 Å². The molecule has 0 saturated carbocycles. The molecule has 1 aliphatic heterocycles. The van der Waals surface area contributed by atoms with E-state index >= 15 is 0 Å². The lowest BCUT2D eigenvalue weighted by Gasteiger charge is -2.16. The minimum atomic E-state index is -0.00150. The second-order valence-electron chi connectivity index (χ2n) is 5.37. The van der Waals surface area contributed by atoms with Gasteiger partial charge >= 0.3 is 0 Å². The van der Waals surface area contributed by atoms with Crippen LogP contribution >= 0.6 is 0 Å². The average Bonchev–Trinajstić information content (AvgIpc) is 3.14. The van der Waals surface area contributed by atoms with E-state index in [-0.39, 0.29) is 5.91 Å². The molecule has 1 atom stereocenters. The predicted octanol–water partition coefficient (Wildman–Crippen LogP) is 2.06. The third-order valence-electron chi connectivity index (χ3n) is 3.97. The van der Waals surface area contributed by atoms with Crippen molar-refractivity contribution in [3.05, 3.63) is 47.7 Å². The Morgan fingerprint density at radius 1 is 1.33 bits per heavy atom. The van der Waals surface area contributed by atoms with Gasteiger partial charge in [-0.25, -0.2) is 0 Å². The second kappa shape index (κ2) is 5.60. The van der Waals surface area contributed by atoms with Gasteiger partial charge < -0.3 is 9.64 Å². The fourth-order valence-electron chi connectivity index (χ4n) is 2.88. The summed E-state index contributed by atoms with van der Waals surface area (Å²) in [6.07, 6.45) is 2.72. The highest BCUT2D eigenvalue weighted by Crippen LogP contribution is 2.29. The van der Waals surface area contributed by atoms with Gasteiger partial charge in [0, 0.05) is 32.3 Å². The maximum atomic E-state index is 12.6. The van der Waals surface area contributed by atoms with Gasteiger partial charge in [-0.1, -0.05) is 30.3 Å². The standard InChI is InChI=1S/C16H19N3O2/c1-18-11-14(15(17-18)21-2)16(20)19-9-8-13(10-19)12-6-4-3-5-7-12/h3-7,11,13H,8-10H2,1-2H3/t13-/m0/s1. The number of aryl methyl sites for hydroxylation is 1. The topological polar surface area (TPSA) is 47.4 Å². The van der Waals surface area contributed by atoms with Gasteiger partial charge in [0.1, 0.15) is 5.56 Å². The largest absolute Gasteiger partial charge is 0.479 e. The number of methoxy groups -OCH3 is 1. The van der Waals surface area contributed by atoms with Crippen LogP contribution in [0.2, 0.25) is 0 Å². The fourth-order valence-corrected chi connectivity index (χ4v) is 2.88. The van der Waals surface area contributed by atoms with Gasteiger partial charge in [0.05, 0.1) is 7.11 Å². The van der Waals surface area contributed by atoms with Crippen LogP contribution in [0, 0.1) is 0 Å². The SMILES string of the molecule is COc1nn(C)cc1C(=O)N1CC[C@H](c2ccccc2)C1. The van der Waals surface area contributed by atoms with E-state index in [2.05, 4.69) is 17.2 Å². The highest BCUT2D eigenvalue weighted by atomic mass is 16.5. The van der Waals surface area contributed by atoms with Crippen LogP contribution in [-0.2, 0) is 7.05 Å². The maximum Gasteiger partial charge on any atom is 0.260 e. The molecular weight excluding hydrogens is 266 g/mol. The van der Waals surface area contributed by atoms with E-state index in [0.29, 0.717) is 17.4 Å². The molecule has 0 radical (unpaired) electrons. The lowest BCUT2D eigenvalue weighted by atomic mass is 9.99. The number of aromatic nitrogens is 2. The molecule has 3 rings (SSSR count). The number of hydrogen-bond donors (Lipinski definition) is 0. The summed E-state index contributed by atoms with van der Waals surface area (Å²) in [4.78, 5) is 14.5. The van der Waals surface area contributed by atoms with E-state index < -0.39 is 0 Å². The van der Waals surface area contributed by atoms with Crippen molar-refractivity contribution in [1.82, 2.24) is 14.7 Å². The monoisotopic (exact) mass is 285 g/mol. The van der Waals surface area contributed by atoms with E-state index in [1.54, 1.807) is 17.9 Å². The molecule has 1 saturated heterocycles. The normalized spacial score (nSPS) is 18.0. The third kappa shape index (κ3) is 2.63. The summed E-state index contributed by atoms with van der Waals surface area (Å²) >= 11 is 0. The van der Waals surface area contributed by atoms with E-state index in [0.717, 1.165) is 19.5 Å². The summed E-state index contributed by atoms with van der Waals surface area (Å²) < 4.78 is 6.79. The molecular formula is C16H19N3O2. The number of carbonyl (C=O) groups excluding carboxylic acids is 1. The Kier molecular flexibility index (Phi) is 3.64. The van der Waals surface area contributed by atoms with Crippen molar-refractivity contribution in [2.24, 2.45) is 7.05 Å². The molecule has 1 fully saturated rings. The van der Waals surface area contributed by atoms with Crippen LogP contribution in [0.4, 0.5) is 0 Å². The Hall–Kier alpha value is -2.30. The number of amides is 1. The Morgan fingerprint density at radius 2 is 2.10 bits per heavy atom. The number of likely N-dealkylation sites (tertiary alicyclic amines) is 1. The zero-order chi connectivity index (χ0) is 14.8. The summed E-state index contributed by atoms with van der Waals surface area (Å²) in [6.45, 7) is 1.53. The first kappa shape index (κ1) is 13.7. The summed E-state index contributed by atoms with van der Waals surface area (Å²) in [5.41, 5.74) is 1.83. The van der Waals surface area contributed by atoms with Crippen LogP contribution in [-0.4, -0.2) is 40.8 Å². The van der Waals surface area contributed by atoms with Crippen LogP contribution in [0.25, 0.3) is 0 Å². The molecule has 1 aliphatic rings. The maximum absolute atomic E-state index is 12.6. The number of nitrogens with zero attached hydrogens (tertiary/aromatic N) is 3. The first-order valence-electron chi connectivity index (χ1n) is 7.11. The number of carbonyl (C=O) groups is 1. The van der Waals surface area contributed by atoms with Gasteiger partial charge in [-0.15, -0.1) is 5.10 Å². The minimum Gasteiger partial charge on any atom is -0.479 e. The van der Waals surface area contributed by atoms with E-state index in [4.69, 9.17) is 4.74 Å². The number of rotatable bonds is 3. The predicted molar refractivity (Wildman–Crippen MR) is 79.5 cm³/mol. The first-order valence-corrected chi connectivity index (χ1v) is 7.11. The Bertz CT molecular complexity index is 636.